The monoisotopic (exact) mass is 465 g/mol. The number of aryl methyl sites for hydroxylation is 1. The average molecular weight is 466 g/mol. The number of carbonyl (C=O) groups is 1. The van der Waals surface area contributed by atoms with Crippen LogP contribution in [0.15, 0.2) is 54.6 Å². The van der Waals surface area contributed by atoms with Gasteiger partial charge >= 0.3 is 0 Å². The van der Waals surface area contributed by atoms with Crippen LogP contribution in [0.1, 0.15) is 12.5 Å². The van der Waals surface area contributed by atoms with Crippen molar-refractivity contribution in [1.82, 2.24) is 15.1 Å². The van der Waals surface area contributed by atoms with Crippen molar-refractivity contribution in [3.05, 3.63) is 65.2 Å². The molecular weight excluding hydrogens is 438 g/mol. The summed E-state index contributed by atoms with van der Waals surface area (Å²) in [5.74, 6) is 1.25. The maximum atomic E-state index is 12.7. The van der Waals surface area contributed by atoms with Crippen molar-refractivity contribution in [3.63, 3.8) is 0 Å². The molecule has 3 aromatic rings. The molecule has 0 spiro atoms. The number of ether oxygens (including phenoxy) is 1. The minimum atomic E-state index is -0.670. The van der Waals surface area contributed by atoms with Crippen molar-refractivity contribution in [2.24, 2.45) is 0 Å². The van der Waals surface area contributed by atoms with Gasteiger partial charge in [0.05, 0.1) is 5.69 Å². The summed E-state index contributed by atoms with van der Waals surface area (Å²) in [7, 11) is 2.13. The van der Waals surface area contributed by atoms with Gasteiger partial charge in [0.1, 0.15) is 5.75 Å². The lowest BCUT2D eigenvalue weighted by Crippen LogP contribution is -2.44. The molecule has 1 saturated heterocycles. The van der Waals surface area contributed by atoms with Crippen LogP contribution in [0.3, 0.4) is 0 Å². The average Bonchev–Trinajstić information content (AvgIpc) is 2.82. The molecule has 8 heteroatoms. The first-order valence-corrected chi connectivity index (χ1v) is 11.4. The van der Waals surface area contributed by atoms with Crippen molar-refractivity contribution in [2.75, 3.05) is 43.4 Å². The van der Waals surface area contributed by atoms with Crippen molar-refractivity contribution >= 4 is 29.0 Å². The predicted molar refractivity (Wildman–Crippen MR) is 132 cm³/mol. The smallest absolute Gasteiger partial charge is 0.265 e. The standard InChI is InChI=1S/C25H28ClN5O2/c1-17-15-21(7-8-22(17)26)33-18(2)25(32)27-20-6-4-5-19(16-20)23-9-10-24(29-28-23)31-13-11-30(3)12-14-31/h4-10,15-16,18H,11-14H2,1-3H3,(H,27,32). The first-order chi connectivity index (χ1) is 15.9. The summed E-state index contributed by atoms with van der Waals surface area (Å²) in [6.45, 7) is 7.54. The van der Waals surface area contributed by atoms with E-state index in [0.29, 0.717) is 16.5 Å². The van der Waals surface area contributed by atoms with Gasteiger partial charge in [0, 0.05) is 42.5 Å². The first-order valence-electron chi connectivity index (χ1n) is 11.0. The fraction of sp³-hybridized carbons (Fsp3) is 0.320. The minimum absolute atomic E-state index is 0.240. The molecule has 0 saturated carbocycles. The van der Waals surface area contributed by atoms with Gasteiger partial charge in [-0.15, -0.1) is 10.2 Å². The molecule has 1 atom stereocenters. The number of amides is 1. The van der Waals surface area contributed by atoms with Crippen LogP contribution in [0, 0.1) is 6.92 Å². The molecular formula is C25H28ClN5O2. The largest absolute Gasteiger partial charge is 0.481 e. The van der Waals surface area contributed by atoms with Crippen molar-refractivity contribution in [3.8, 4) is 17.0 Å². The van der Waals surface area contributed by atoms with Gasteiger partial charge in [-0.05, 0) is 68.9 Å². The number of benzene rings is 2. The second kappa shape index (κ2) is 10.2. The van der Waals surface area contributed by atoms with E-state index in [2.05, 4.69) is 32.4 Å². The molecule has 1 amide bonds. The summed E-state index contributed by atoms with van der Waals surface area (Å²) in [5.41, 5.74) is 3.21. The van der Waals surface area contributed by atoms with Crippen molar-refractivity contribution < 1.29 is 9.53 Å². The van der Waals surface area contributed by atoms with Crippen LogP contribution < -0.4 is 15.0 Å². The zero-order chi connectivity index (χ0) is 23.4. The molecule has 1 aromatic heterocycles. The summed E-state index contributed by atoms with van der Waals surface area (Å²) in [4.78, 5) is 17.2. The van der Waals surface area contributed by atoms with Gasteiger partial charge in [0.25, 0.3) is 5.91 Å². The summed E-state index contributed by atoms with van der Waals surface area (Å²) >= 11 is 6.06. The number of hydrogen-bond donors (Lipinski definition) is 1. The maximum Gasteiger partial charge on any atom is 0.265 e. The van der Waals surface area contributed by atoms with Gasteiger partial charge < -0.3 is 19.9 Å². The molecule has 0 radical (unpaired) electrons. The fourth-order valence-electron chi connectivity index (χ4n) is 3.63. The van der Waals surface area contributed by atoms with E-state index in [4.69, 9.17) is 16.3 Å². The summed E-state index contributed by atoms with van der Waals surface area (Å²) < 4.78 is 5.78. The van der Waals surface area contributed by atoms with Gasteiger partial charge in [0.2, 0.25) is 0 Å². The number of carbonyl (C=O) groups excluding carboxylic acids is 1. The topological polar surface area (TPSA) is 70.6 Å². The third-order valence-electron chi connectivity index (χ3n) is 5.72. The number of piperazine rings is 1. The second-order valence-corrected chi connectivity index (χ2v) is 8.72. The lowest BCUT2D eigenvalue weighted by molar-refractivity contribution is -0.122. The molecule has 7 nitrogen and oxygen atoms in total. The summed E-state index contributed by atoms with van der Waals surface area (Å²) in [6.07, 6.45) is -0.670. The Balaban J connectivity index is 1.40. The molecule has 33 heavy (non-hydrogen) atoms. The molecule has 1 N–H and O–H groups in total. The Kier molecular flexibility index (Phi) is 7.11. The Morgan fingerprint density at radius 2 is 1.85 bits per heavy atom. The van der Waals surface area contributed by atoms with Crippen LogP contribution in [-0.2, 0) is 4.79 Å². The Hall–Kier alpha value is -3.16. The van der Waals surface area contributed by atoms with Crippen LogP contribution in [0.2, 0.25) is 5.02 Å². The molecule has 4 rings (SSSR count). The highest BCUT2D eigenvalue weighted by molar-refractivity contribution is 6.31. The zero-order valence-electron chi connectivity index (χ0n) is 19.1. The number of aromatic nitrogens is 2. The van der Waals surface area contributed by atoms with E-state index in [1.54, 1.807) is 19.1 Å². The van der Waals surface area contributed by atoms with E-state index in [1.165, 1.54) is 0 Å². The van der Waals surface area contributed by atoms with Gasteiger partial charge in [-0.25, -0.2) is 0 Å². The number of anilines is 2. The minimum Gasteiger partial charge on any atom is -0.481 e. The number of hydrogen-bond acceptors (Lipinski definition) is 6. The second-order valence-electron chi connectivity index (χ2n) is 8.31. The van der Waals surface area contributed by atoms with Gasteiger partial charge in [-0.3, -0.25) is 4.79 Å². The highest BCUT2D eigenvalue weighted by Crippen LogP contribution is 2.24. The lowest BCUT2D eigenvalue weighted by Gasteiger charge is -2.32. The zero-order valence-corrected chi connectivity index (χ0v) is 19.8. The molecule has 0 aliphatic carbocycles. The van der Waals surface area contributed by atoms with E-state index in [-0.39, 0.29) is 5.91 Å². The van der Waals surface area contributed by atoms with Gasteiger partial charge in [-0.1, -0.05) is 23.7 Å². The Morgan fingerprint density at radius 3 is 2.55 bits per heavy atom. The van der Waals surface area contributed by atoms with Crippen LogP contribution >= 0.6 is 11.6 Å². The van der Waals surface area contributed by atoms with Crippen LogP contribution in [-0.4, -0.2) is 60.3 Å². The number of rotatable bonds is 6. The molecule has 0 bridgehead atoms. The predicted octanol–water partition coefficient (Wildman–Crippen LogP) is 4.26. The third-order valence-corrected chi connectivity index (χ3v) is 6.14. The number of nitrogens with zero attached hydrogens (tertiary/aromatic N) is 4. The maximum absolute atomic E-state index is 12.7. The van der Waals surface area contributed by atoms with Crippen LogP contribution in [0.5, 0.6) is 5.75 Å². The molecule has 1 aliphatic rings. The lowest BCUT2D eigenvalue weighted by atomic mass is 10.1. The SMILES string of the molecule is Cc1cc(OC(C)C(=O)Nc2cccc(-c3ccc(N4CCN(C)CC4)nn3)c2)ccc1Cl. The summed E-state index contributed by atoms with van der Waals surface area (Å²) in [5, 5.41) is 12.4. The molecule has 2 aromatic carbocycles. The Bertz CT molecular complexity index is 1110. The van der Waals surface area contributed by atoms with Gasteiger partial charge in [-0.2, -0.15) is 0 Å². The van der Waals surface area contributed by atoms with Crippen molar-refractivity contribution in [2.45, 2.75) is 20.0 Å². The molecule has 2 heterocycles. The molecule has 1 fully saturated rings. The van der Waals surface area contributed by atoms with E-state index < -0.39 is 6.10 Å². The molecule has 1 unspecified atom stereocenters. The quantitative estimate of drug-likeness (QED) is 0.586. The fourth-order valence-corrected chi connectivity index (χ4v) is 3.75. The van der Waals surface area contributed by atoms with Crippen molar-refractivity contribution in [1.29, 1.82) is 0 Å². The molecule has 172 valence electrons. The third kappa shape index (κ3) is 5.80. The van der Waals surface area contributed by atoms with Crippen LogP contribution in [0.25, 0.3) is 11.3 Å². The number of likely N-dealkylation sites (N-methyl/N-ethyl adjacent to an activating group) is 1. The Morgan fingerprint density at radius 1 is 1.06 bits per heavy atom. The van der Waals surface area contributed by atoms with E-state index >= 15 is 0 Å². The van der Waals surface area contributed by atoms with E-state index in [9.17, 15) is 4.79 Å². The first kappa shape index (κ1) is 23.0. The van der Waals surface area contributed by atoms with E-state index in [0.717, 1.165) is 48.8 Å². The normalized spacial score (nSPS) is 15.2. The van der Waals surface area contributed by atoms with Gasteiger partial charge in [0.15, 0.2) is 11.9 Å². The van der Waals surface area contributed by atoms with Crippen LogP contribution in [0.4, 0.5) is 11.5 Å². The summed E-state index contributed by atoms with van der Waals surface area (Å²) in [6, 6.07) is 16.9. The molecule has 1 aliphatic heterocycles. The highest BCUT2D eigenvalue weighted by atomic mass is 35.5. The Labute approximate surface area is 199 Å². The number of halogens is 1. The number of nitrogens with one attached hydrogen (secondary N) is 1. The van der Waals surface area contributed by atoms with E-state index in [1.807, 2.05) is 49.4 Å². The highest BCUT2D eigenvalue weighted by Gasteiger charge is 2.17.